The summed E-state index contributed by atoms with van der Waals surface area (Å²) in [4.78, 5) is 0.00339. The number of H-pyrrole nitrogens is 1. The van der Waals surface area contributed by atoms with E-state index in [1.807, 2.05) is 0 Å². The van der Waals surface area contributed by atoms with Gasteiger partial charge in [-0.2, -0.15) is 5.10 Å². The second-order valence-electron chi connectivity index (χ2n) is 4.35. The molecule has 20 heavy (non-hydrogen) atoms. The molecule has 108 valence electrons. The molecule has 0 unspecified atom stereocenters. The minimum absolute atomic E-state index is 0.00339. The molecule has 0 saturated heterocycles. The Bertz CT molecular complexity index is 740. The summed E-state index contributed by atoms with van der Waals surface area (Å²) in [6.07, 6.45) is 0. The highest BCUT2D eigenvalue weighted by molar-refractivity contribution is 7.92. The zero-order valence-electron chi connectivity index (χ0n) is 11.1. The fourth-order valence-corrected chi connectivity index (χ4v) is 3.38. The van der Waals surface area contributed by atoms with E-state index in [2.05, 4.69) is 14.9 Å². The summed E-state index contributed by atoms with van der Waals surface area (Å²) in [5.41, 5.74) is 6.51. The molecule has 2 rings (SSSR count). The number of rotatable bonds is 4. The monoisotopic (exact) mass is 298 g/mol. The Morgan fingerprint density at radius 1 is 1.40 bits per heavy atom. The molecular weight excluding hydrogens is 283 g/mol. The van der Waals surface area contributed by atoms with Gasteiger partial charge in [-0.25, -0.2) is 12.8 Å². The van der Waals surface area contributed by atoms with Crippen molar-refractivity contribution in [3.05, 3.63) is 41.0 Å². The van der Waals surface area contributed by atoms with Crippen molar-refractivity contribution in [3.63, 3.8) is 0 Å². The van der Waals surface area contributed by atoms with Gasteiger partial charge in [0.15, 0.2) is 0 Å². The van der Waals surface area contributed by atoms with Gasteiger partial charge in [0.05, 0.1) is 17.1 Å². The number of halogens is 1. The molecule has 1 aromatic carbocycles. The Labute approximate surface area is 116 Å². The SMILES string of the molecule is Cc1[nH]nc(CN)c1S(=O)(=O)Nc1cccc(F)c1C. The number of hydrogen-bond acceptors (Lipinski definition) is 4. The first-order valence-corrected chi connectivity index (χ1v) is 7.37. The summed E-state index contributed by atoms with van der Waals surface area (Å²) in [7, 11) is -3.87. The standard InChI is InChI=1S/C12H15FN4O2S/c1-7-9(13)4-3-5-10(7)17-20(18,19)12-8(2)15-16-11(12)6-14/h3-5,17H,6,14H2,1-2H3,(H,15,16). The van der Waals surface area contributed by atoms with Crippen molar-refractivity contribution in [1.82, 2.24) is 10.2 Å². The summed E-state index contributed by atoms with van der Waals surface area (Å²) in [6.45, 7) is 3.07. The molecule has 1 aromatic heterocycles. The zero-order chi connectivity index (χ0) is 14.9. The van der Waals surface area contributed by atoms with E-state index in [1.165, 1.54) is 25.1 Å². The Morgan fingerprint density at radius 2 is 2.10 bits per heavy atom. The Hall–Kier alpha value is -1.93. The molecule has 6 nitrogen and oxygen atoms in total. The fraction of sp³-hybridized carbons (Fsp3) is 0.250. The predicted molar refractivity (Wildman–Crippen MR) is 73.2 cm³/mol. The largest absolute Gasteiger partial charge is 0.325 e. The number of anilines is 1. The highest BCUT2D eigenvalue weighted by Gasteiger charge is 2.24. The molecule has 4 N–H and O–H groups in total. The minimum Gasteiger partial charge on any atom is -0.325 e. The number of nitrogens with two attached hydrogens (primary N) is 1. The van der Waals surface area contributed by atoms with Gasteiger partial charge in [-0.05, 0) is 26.0 Å². The normalized spacial score (nSPS) is 11.6. The number of sulfonamides is 1. The van der Waals surface area contributed by atoms with Crippen LogP contribution in [-0.4, -0.2) is 18.6 Å². The van der Waals surface area contributed by atoms with Crippen LogP contribution in [0.3, 0.4) is 0 Å². The zero-order valence-corrected chi connectivity index (χ0v) is 11.9. The summed E-state index contributed by atoms with van der Waals surface area (Å²) in [5.74, 6) is -0.479. The summed E-state index contributed by atoms with van der Waals surface area (Å²) < 4.78 is 40.6. The second-order valence-corrected chi connectivity index (χ2v) is 5.97. The lowest BCUT2D eigenvalue weighted by Gasteiger charge is -2.11. The topological polar surface area (TPSA) is 101 Å². The van der Waals surface area contributed by atoms with Gasteiger partial charge in [-0.15, -0.1) is 0 Å². The van der Waals surface area contributed by atoms with E-state index in [-0.39, 0.29) is 28.4 Å². The van der Waals surface area contributed by atoms with Crippen molar-refractivity contribution < 1.29 is 12.8 Å². The van der Waals surface area contributed by atoms with Gasteiger partial charge in [0.1, 0.15) is 10.7 Å². The second kappa shape index (κ2) is 5.22. The predicted octanol–water partition coefficient (Wildman–Crippen LogP) is 1.43. The number of nitrogens with zero attached hydrogens (tertiary/aromatic N) is 1. The quantitative estimate of drug-likeness (QED) is 0.794. The molecule has 2 aromatic rings. The first kappa shape index (κ1) is 14.5. The molecule has 0 aliphatic heterocycles. The lowest BCUT2D eigenvalue weighted by Crippen LogP contribution is -2.17. The average molecular weight is 298 g/mol. The maximum Gasteiger partial charge on any atom is 0.265 e. The smallest absolute Gasteiger partial charge is 0.265 e. The van der Waals surface area contributed by atoms with Crippen molar-refractivity contribution in [2.24, 2.45) is 5.73 Å². The molecule has 0 amide bonds. The van der Waals surface area contributed by atoms with Gasteiger partial charge in [0.25, 0.3) is 10.0 Å². The van der Waals surface area contributed by atoms with Crippen molar-refractivity contribution in [2.75, 3.05) is 4.72 Å². The molecule has 0 fully saturated rings. The molecule has 1 heterocycles. The van der Waals surface area contributed by atoms with Crippen molar-refractivity contribution in [3.8, 4) is 0 Å². The number of aromatic nitrogens is 2. The number of benzene rings is 1. The summed E-state index contributed by atoms with van der Waals surface area (Å²) in [6, 6.07) is 4.20. The van der Waals surface area contributed by atoms with Crippen LogP contribution < -0.4 is 10.5 Å². The number of aromatic amines is 1. The molecule has 0 bridgehead atoms. The van der Waals surface area contributed by atoms with Crippen LogP contribution in [0.1, 0.15) is 17.0 Å². The van der Waals surface area contributed by atoms with E-state index < -0.39 is 15.8 Å². The van der Waals surface area contributed by atoms with Crippen LogP contribution in [0, 0.1) is 19.7 Å². The molecule has 0 aliphatic carbocycles. The number of aryl methyl sites for hydroxylation is 1. The van der Waals surface area contributed by atoms with Gasteiger partial charge < -0.3 is 5.73 Å². The van der Waals surface area contributed by atoms with Crippen molar-refractivity contribution in [2.45, 2.75) is 25.3 Å². The van der Waals surface area contributed by atoms with Crippen LogP contribution >= 0.6 is 0 Å². The van der Waals surface area contributed by atoms with Crippen LogP contribution in [0.15, 0.2) is 23.1 Å². The third kappa shape index (κ3) is 2.52. The third-order valence-electron chi connectivity index (χ3n) is 2.94. The Morgan fingerprint density at radius 3 is 2.75 bits per heavy atom. The summed E-state index contributed by atoms with van der Waals surface area (Å²) >= 11 is 0. The average Bonchev–Trinajstić information content (AvgIpc) is 2.77. The molecule has 0 spiro atoms. The molecule has 0 aliphatic rings. The minimum atomic E-state index is -3.87. The maximum atomic E-state index is 13.4. The van der Waals surface area contributed by atoms with E-state index in [0.29, 0.717) is 5.69 Å². The van der Waals surface area contributed by atoms with Crippen LogP contribution in [0.5, 0.6) is 0 Å². The highest BCUT2D eigenvalue weighted by Crippen LogP contribution is 2.24. The van der Waals surface area contributed by atoms with Gasteiger partial charge in [0.2, 0.25) is 0 Å². The first-order valence-electron chi connectivity index (χ1n) is 5.88. The van der Waals surface area contributed by atoms with Crippen LogP contribution in [0.2, 0.25) is 0 Å². The van der Waals surface area contributed by atoms with E-state index in [9.17, 15) is 12.8 Å². The van der Waals surface area contributed by atoms with Gasteiger partial charge in [-0.1, -0.05) is 6.07 Å². The van der Waals surface area contributed by atoms with Gasteiger partial charge >= 0.3 is 0 Å². The van der Waals surface area contributed by atoms with Gasteiger partial charge in [-0.3, -0.25) is 9.82 Å². The molecule has 0 radical (unpaired) electrons. The number of hydrogen-bond donors (Lipinski definition) is 3. The van der Waals surface area contributed by atoms with Crippen molar-refractivity contribution in [1.29, 1.82) is 0 Å². The van der Waals surface area contributed by atoms with Crippen molar-refractivity contribution >= 4 is 15.7 Å². The van der Waals surface area contributed by atoms with E-state index >= 15 is 0 Å². The number of nitrogens with one attached hydrogen (secondary N) is 2. The third-order valence-corrected chi connectivity index (χ3v) is 4.50. The van der Waals surface area contributed by atoms with Crippen LogP contribution in [0.4, 0.5) is 10.1 Å². The fourth-order valence-electron chi connectivity index (χ4n) is 1.88. The maximum absolute atomic E-state index is 13.4. The Kier molecular flexibility index (Phi) is 3.78. The lowest BCUT2D eigenvalue weighted by atomic mass is 10.2. The Balaban J connectivity index is 2.46. The first-order chi connectivity index (χ1) is 9.36. The van der Waals surface area contributed by atoms with Gasteiger partial charge in [0, 0.05) is 12.1 Å². The molecule has 8 heteroatoms. The molecule has 0 atom stereocenters. The summed E-state index contributed by atoms with van der Waals surface area (Å²) in [5, 5.41) is 6.42. The van der Waals surface area contributed by atoms with E-state index in [4.69, 9.17) is 5.73 Å². The highest BCUT2D eigenvalue weighted by atomic mass is 32.2. The molecular formula is C12H15FN4O2S. The molecule has 0 saturated carbocycles. The van der Waals surface area contributed by atoms with E-state index in [0.717, 1.165) is 0 Å². The van der Waals surface area contributed by atoms with Crippen LogP contribution in [-0.2, 0) is 16.6 Å². The lowest BCUT2D eigenvalue weighted by molar-refractivity contribution is 0.599. The van der Waals surface area contributed by atoms with Crippen LogP contribution in [0.25, 0.3) is 0 Å². The van der Waals surface area contributed by atoms with E-state index in [1.54, 1.807) is 6.92 Å².